The first-order valence-electron chi connectivity index (χ1n) is 17.4. The molecule has 0 spiro atoms. The number of hydrogen-bond donors (Lipinski definition) is 2. The number of oxazole rings is 1. The van der Waals surface area contributed by atoms with Crippen LogP contribution in [0.1, 0.15) is 49.1 Å². The molecule has 272 valence electrons. The number of aromatic nitrogens is 1. The van der Waals surface area contributed by atoms with Crippen LogP contribution in [0.15, 0.2) is 107 Å². The molecule has 12 heteroatoms. The number of aliphatic carboxylic acids is 1. The lowest BCUT2D eigenvalue weighted by molar-refractivity contribution is -0.147. The fraction of sp³-hybridized carbons (Fsp3) is 0.268. The van der Waals surface area contributed by atoms with E-state index in [0.29, 0.717) is 42.4 Å². The molecule has 3 heterocycles. The predicted molar refractivity (Wildman–Crippen MR) is 194 cm³/mol. The van der Waals surface area contributed by atoms with Crippen LogP contribution in [0.25, 0.3) is 27.9 Å². The Morgan fingerprint density at radius 1 is 0.962 bits per heavy atom. The summed E-state index contributed by atoms with van der Waals surface area (Å²) in [6.07, 6.45) is 2.94. The first-order chi connectivity index (χ1) is 25.7. The number of benzene rings is 4. The van der Waals surface area contributed by atoms with Gasteiger partial charge in [-0.05, 0) is 71.7 Å². The van der Waals surface area contributed by atoms with Gasteiger partial charge in [0.05, 0.1) is 25.2 Å². The third-order valence-electron chi connectivity index (χ3n) is 9.51. The number of para-hydroxylation sites is 2. The number of aliphatic hydroxyl groups is 1. The maximum atomic E-state index is 14.5. The summed E-state index contributed by atoms with van der Waals surface area (Å²) in [6, 6.07) is 26.0. The third-order valence-corrected chi connectivity index (χ3v) is 9.51. The van der Waals surface area contributed by atoms with Crippen molar-refractivity contribution in [3.8, 4) is 11.5 Å². The minimum Gasteiger partial charge on any atom is -0.503 e. The van der Waals surface area contributed by atoms with Gasteiger partial charge in [0.1, 0.15) is 11.6 Å². The van der Waals surface area contributed by atoms with Crippen LogP contribution in [0.5, 0.6) is 11.5 Å². The quantitative estimate of drug-likeness (QED) is 0.0739. The second-order valence-electron chi connectivity index (χ2n) is 13.0. The van der Waals surface area contributed by atoms with E-state index in [4.69, 9.17) is 23.4 Å². The number of carbonyl (C=O) groups is 3. The summed E-state index contributed by atoms with van der Waals surface area (Å²) in [5.41, 5.74) is 2.31. The fourth-order valence-electron chi connectivity index (χ4n) is 6.68. The summed E-state index contributed by atoms with van der Waals surface area (Å²) in [5.74, 6) is -3.25. The lowest BCUT2D eigenvalue weighted by atomic mass is 9.87. The molecule has 1 saturated heterocycles. The van der Waals surface area contributed by atoms with E-state index < -0.39 is 53.7 Å². The number of carbonyl (C=O) groups excluding carboxylic acids is 2. The van der Waals surface area contributed by atoms with Crippen molar-refractivity contribution in [3.63, 3.8) is 0 Å². The van der Waals surface area contributed by atoms with E-state index in [2.05, 4.69) is 4.98 Å². The molecule has 7 rings (SSSR count). The zero-order valence-corrected chi connectivity index (χ0v) is 29.0. The van der Waals surface area contributed by atoms with Gasteiger partial charge in [0.15, 0.2) is 22.8 Å². The van der Waals surface area contributed by atoms with Crippen LogP contribution in [-0.4, -0.2) is 70.1 Å². The largest absolute Gasteiger partial charge is 0.503 e. The second kappa shape index (κ2) is 15.6. The lowest BCUT2D eigenvalue weighted by Gasteiger charge is -2.35. The van der Waals surface area contributed by atoms with Gasteiger partial charge in [-0.3, -0.25) is 9.59 Å². The number of fused-ring (bicyclic) bond motifs is 3. The van der Waals surface area contributed by atoms with Crippen molar-refractivity contribution >= 4 is 45.8 Å². The minimum atomic E-state index is -1.41. The minimum absolute atomic E-state index is 0.0245. The Bertz CT molecular complexity index is 2180. The van der Waals surface area contributed by atoms with Crippen molar-refractivity contribution in [2.24, 2.45) is 0 Å². The van der Waals surface area contributed by atoms with E-state index in [1.54, 1.807) is 6.08 Å². The molecule has 0 radical (unpaired) electrons. The first-order valence-corrected chi connectivity index (χ1v) is 17.4. The number of allylic oxidation sites excluding steroid dienone is 1. The highest BCUT2D eigenvalue weighted by molar-refractivity contribution is 6.03. The van der Waals surface area contributed by atoms with E-state index in [0.717, 1.165) is 27.4 Å². The van der Waals surface area contributed by atoms with Crippen LogP contribution in [0.3, 0.4) is 0 Å². The molecule has 0 aliphatic carbocycles. The highest BCUT2D eigenvalue weighted by atomic mass is 16.7. The van der Waals surface area contributed by atoms with Gasteiger partial charge < -0.3 is 38.5 Å². The molecule has 1 unspecified atom stereocenters. The Hall–Kier alpha value is -6.14. The maximum Gasteiger partial charge on any atom is 0.338 e. The molecular formula is C41H38N2O10. The number of nitrogens with zero attached hydrogens (tertiary/aromatic N) is 2. The van der Waals surface area contributed by atoms with Crippen molar-refractivity contribution in [3.05, 3.63) is 119 Å². The van der Waals surface area contributed by atoms with Crippen LogP contribution in [0.2, 0.25) is 0 Å². The number of carboxylic acid groups (broad SMARTS) is 1. The van der Waals surface area contributed by atoms with Crippen molar-refractivity contribution in [1.82, 2.24) is 9.88 Å². The SMILES string of the molecule is C[C@H]([C@H](CC=Cc1nc2ccccc2o1)c1ccc2c(c1)OCO2)N(Cc1ccc2ccccc2c1)C(=O)C(O)=C(CC(=O)O)C(=O)OC1CCOC1. The van der Waals surface area contributed by atoms with Gasteiger partial charge >= 0.3 is 11.9 Å². The zero-order chi connectivity index (χ0) is 36.9. The Balaban J connectivity index is 1.27. The van der Waals surface area contributed by atoms with Gasteiger partial charge in [-0.2, -0.15) is 0 Å². The fourth-order valence-corrected chi connectivity index (χ4v) is 6.68. The Morgan fingerprint density at radius 2 is 1.75 bits per heavy atom. The molecule has 4 aromatic carbocycles. The van der Waals surface area contributed by atoms with Crippen molar-refractivity contribution in [2.75, 3.05) is 20.0 Å². The first kappa shape index (κ1) is 35.3. The Morgan fingerprint density at radius 3 is 2.55 bits per heavy atom. The summed E-state index contributed by atoms with van der Waals surface area (Å²) >= 11 is 0. The number of ether oxygens (including phenoxy) is 4. The molecule has 5 aromatic rings. The monoisotopic (exact) mass is 718 g/mol. The topological polar surface area (TPSA) is 158 Å². The number of esters is 1. The molecule has 0 bridgehead atoms. The average Bonchev–Trinajstić information content (AvgIpc) is 3.95. The van der Waals surface area contributed by atoms with E-state index in [1.807, 2.05) is 97.9 Å². The van der Waals surface area contributed by atoms with Crippen LogP contribution >= 0.6 is 0 Å². The summed E-state index contributed by atoms with van der Waals surface area (Å²) < 4.78 is 27.9. The lowest BCUT2D eigenvalue weighted by Crippen LogP contribution is -2.43. The van der Waals surface area contributed by atoms with Gasteiger partial charge in [-0.1, -0.05) is 60.7 Å². The predicted octanol–water partition coefficient (Wildman–Crippen LogP) is 6.93. The molecule has 53 heavy (non-hydrogen) atoms. The average molecular weight is 719 g/mol. The summed E-state index contributed by atoms with van der Waals surface area (Å²) in [6.45, 7) is 2.47. The number of carboxylic acids is 1. The molecule has 3 atom stereocenters. The van der Waals surface area contributed by atoms with Crippen LogP contribution < -0.4 is 9.47 Å². The van der Waals surface area contributed by atoms with E-state index in [-0.39, 0.29) is 19.9 Å². The molecule has 0 saturated carbocycles. The van der Waals surface area contributed by atoms with E-state index in [1.165, 1.54) is 4.90 Å². The van der Waals surface area contributed by atoms with Gasteiger partial charge in [0.2, 0.25) is 12.7 Å². The molecule has 1 fully saturated rings. The molecular weight excluding hydrogens is 680 g/mol. The standard InChI is InChI=1S/C41H38N2O10/c1-25(31(29-15-16-35-36(20-29)51-24-50-35)9-6-12-37-42-33-10-4-5-11-34(33)53-37)43(22-26-13-14-27-7-2-3-8-28(27)19-26)40(47)39(46)32(21-38(44)45)41(48)52-30-17-18-49-23-30/h2-8,10-16,19-20,25,30-31,46H,9,17-18,21-24H2,1H3,(H,44,45)/t25-,30?,31+/m1/s1. The van der Waals surface area contributed by atoms with Gasteiger partial charge in [-0.15, -0.1) is 0 Å². The normalized spacial score (nSPS) is 16.8. The number of aliphatic hydroxyl groups excluding tert-OH is 1. The highest BCUT2D eigenvalue weighted by Crippen LogP contribution is 2.38. The van der Waals surface area contributed by atoms with Gasteiger partial charge in [0, 0.05) is 24.9 Å². The number of amides is 1. The second-order valence-corrected chi connectivity index (χ2v) is 13.0. The molecule has 2 N–H and O–H groups in total. The zero-order valence-electron chi connectivity index (χ0n) is 29.0. The van der Waals surface area contributed by atoms with Crippen LogP contribution in [-0.2, 0) is 30.4 Å². The molecule has 12 nitrogen and oxygen atoms in total. The third kappa shape index (κ3) is 8.02. The van der Waals surface area contributed by atoms with E-state index in [9.17, 15) is 24.6 Å². The molecule has 2 aliphatic heterocycles. The van der Waals surface area contributed by atoms with E-state index >= 15 is 0 Å². The molecule has 1 aromatic heterocycles. The van der Waals surface area contributed by atoms with Crippen molar-refractivity contribution < 1.29 is 48.0 Å². The van der Waals surface area contributed by atoms with Crippen molar-refractivity contribution in [1.29, 1.82) is 0 Å². The summed E-state index contributed by atoms with van der Waals surface area (Å²) in [4.78, 5) is 45.8. The van der Waals surface area contributed by atoms with Gasteiger partial charge in [-0.25, -0.2) is 9.78 Å². The number of rotatable bonds is 13. The number of hydrogen-bond acceptors (Lipinski definition) is 10. The Kier molecular flexibility index (Phi) is 10.4. The van der Waals surface area contributed by atoms with Crippen LogP contribution in [0, 0.1) is 0 Å². The summed E-state index contributed by atoms with van der Waals surface area (Å²) in [7, 11) is 0. The van der Waals surface area contributed by atoms with Crippen molar-refractivity contribution in [2.45, 2.75) is 50.8 Å². The Labute approximate surface area is 304 Å². The smallest absolute Gasteiger partial charge is 0.338 e. The van der Waals surface area contributed by atoms with Crippen LogP contribution in [0.4, 0.5) is 0 Å². The maximum absolute atomic E-state index is 14.5. The highest BCUT2D eigenvalue weighted by Gasteiger charge is 2.35. The summed E-state index contributed by atoms with van der Waals surface area (Å²) in [5, 5.41) is 23.2. The van der Waals surface area contributed by atoms with Gasteiger partial charge in [0.25, 0.3) is 5.91 Å². The molecule has 1 amide bonds. The molecule has 2 aliphatic rings.